The Morgan fingerprint density at radius 3 is 1.04 bits per heavy atom. The van der Waals surface area contributed by atoms with Crippen molar-refractivity contribution in [3.05, 3.63) is 71.8 Å². The molecule has 2 atom stereocenters. The average molecular weight is 771 g/mol. The van der Waals surface area contributed by atoms with Crippen molar-refractivity contribution in [2.45, 2.75) is 188 Å². The van der Waals surface area contributed by atoms with Gasteiger partial charge in [0.25, 0.3) is 0 Å². The van der Waals surface area contributed by atoms with Crippen LogP contribution in [0.4, 0.5) is 26.3 Å². The molecule has 2 nitrogen and oxygen atoms in total. The third-order valence-electron chi connectivity index (χ3n) is 9.47. The molecule has 0 radical (unpaired) electrons. The second-order valence-electron chi connectivity index (χ2n) is 14.4. The van der Waals surface area contributed by atoms with E-state index in [0.29, 0.717) is 25.7 Å². The number of unbranched alkanes of at least 4 members (excludes halogenated alkanes) is 18. The summed E-state index contributed by atoms with van der Waals surface area (Å²) in [6.07, 6.45) is 17.1. The van der Waals surface area contributed by atoms with Gasteiger partial charge in [0.2, 0.25) is 0 Å². The van der Waals surface area contributed by atoms with Gasteiger partial charge < -0.3 is 10.2 Å². The molecule has 2 N–H and O–H groups in total. The molecule has 53 heavy (non-hydrogen) atoms. The number of rotatable bonds is 30. The van der Waals surface area contributed by atoms with Crippen molar-refractivity contribution in [3.63, 3.8) is 0 Å². The Bertz CT molecular complexity index is 1160. The standard InChI is InChI=1S/C44H64F6O2S/c45-43(46,47)35-23-15-11-7-3-1-5-9-13-17-27-39(51)33-31-37-25-19-21-29-41(37)53-42-30-22-20-26-38(42)32-34-40(52)28-18-14-10-6-2-4-8-12-16-24-36-44(48,49)50/h19-22,25-26,29-34,39-40,51-52H,1-18,23-24,27-28,35-36H2. The topological polar surface area (TPSA) is 40.5 Å². The highest BCUT2D eigenvalue weighted by Gasteiger charge is 2.26. The predicted molar refractivity (Wildman–Crippen MR) is 210 cm³/mol. The summed E-state index contributed by atoms with van der Waals surface area (Å²) in [5, 5.41) is 21.2. The van der Waals surface area contributed by atoms with Crippen LogP contribution >= 0.6 is 11.8 Å². The molecule has 0 bridgehead atoms. The Hall–Kier alpha value is -2.23. The summed E-state index contributed by atoms with van der Waals surface area (Å²) in [4.78, 5) is 2.17. The van der Waals surface area contributed by atoms with Crippen LogP contribution in [0.3, 0.4) is 0 Å². The molecule has 0 aliphatic heterocycles. The summed E-state index contributed by atoms with van der Waals surface area (Å²) in [6.45, 7) is 0. The monoisotopic (exact) mass is 770 g/mol. The maximum Gasteiger partial charge on any atom is 0.389 e. The predicted octanol–water partition coefficient (Wildman–Crippen LogP) is 15.1. The molecule has 0 aliphatic carbocycles. The van der Waals surface area contributed by atoms with Gasteiger partial charge in [-0.25, -0.2) is 0 Å². The zero-order chi connectivity index (χ0) is 38.6. The maximum absolute atomic E-state index is 12.2. The fourth-order valence-corrected chi connectivity index (χ4v) is 7.39. The van der Waals surface area contributed by atoms with Crippen LogP contribution in [0.1, 0.15) is 165 Å². The Labute approximate surface area is 319 Å². The zero-order valence-corrected chi connectivity index (χ0v) is 32.4. The first kappa shape index (κ1) is 46.9. The van der Waals surface area contributed by atoms with E-state index in [4.69, 9.17) is 0 Å². The summed E-state index contributed by atoms with van der Waals surface area (Å²) < 4.78 is 73.2. The number of aliphatic hydroxyl groups excluding tert-OH is 2. The molecule has 0 aliphatic rings. The Kier molecular flexibility index (Phi) is 25.0. The molecule has 0 aromatic heterocycles. The summed E-state index contributed by atoms with van der Waals surface area (Å²) in [7, 11) is 0. The maximum atomic E-state index is 12.2. The van der Waals surface area contributed by atoms with E-state index < -0.39 is 37.4 Å². The SMILES string of the molecule is OC(C=Cc1ccccc1Sc1ccccc1C=CC(O)CCCCCCCCCCCCC(F)(F)F)CCCCCCCCCCCCC(F)(F)F. The van der Waals surface area contributed by atoms with Gasteiger partial charge in [-0.1, -0.05) is 188 Å². The lowest BCUT2D eigenvalue weighted by Gasteiger charge is -2.10. The summed E-state index contributed by atoms with van der Waals surface area (Å²) in [6, 6.07) is 16.3. The van der Waals surface area contributed by atoms with Crippen molar-refractivity contribution in [2.24, 2.45) is 0 Å². The van der Waals surface area contributed by atoms with Gasteiger partial charge in [0, 0.05) is 22.6 Å². The highest BCUT2D eigenvalue weighted by atomic mass is 32.2. The van der Waals surface area contributed by atoms with Crippen LogP contribution in [0.5, 0.6) is 0 Å². The highest BCUT2D eigenvalue weighted by Crippen LogP contribution is 2.34. The van der Waals surface area contributed by atoms with Crippen LogP contribution < -0.4 is 0 Å². The fourth-order valence-electron chi connectivity index (χ4n) is 6.35. The molecule has 300 valence electrons. The van der Waals surface area contributed by atoms with Crippen molar-refractivity contribution >= 4 is 23.9 Å². The van der Waals surface area contributed by atoms with Crippen LogP contribution in [0.15, 0.2) is 70.5 Å². The molecule has 0 saturated carbocycles. The molecular weight excluding hydrogens is 707 g/mol. The molecule has 0 saturated heterocycles. The minimum atomic E-state index is -4.03. The van der Waals surface area contributed by atoms with Crippen molar-refractivity contribution in [1.82, 2.24) is 0 Å². The van der Waals surface area contributed by atoms with Crippen LogP contribution in [0.25, 0.3) is 12.2 Å². The van der Waals surface area contributed by atoms with Crippen LogP contribution in [0.2, 0.25) is 0 Å². The largest absolute Gasteiger partial charge is 0.389 e. The normalized spacial score (nSPS) is 13.7. The van der Waals surface area contributed by atoms with E-state index in [-0.39, 0.29) is 12.8 Å². The number of alkyl halides is 6. The van der Waals surface area contributed by atoms with E-state index in [2.05, 4.69) is 12.1 Å². The van der Waals surface area contributed by atoms with E-state index in [0.717, 1.165) is 124 Å². The molecule has 2 aromatic carbocycles. The fraction of sp³-hybridized carbons (Fsp3) is 0.636. The van der Waals surface area contributed by atoms with Gasteiger partial charge in [-0.3, -0.25) is 0 Å². The molecule has 2 rings (SSSR count). The summed E-state index contributed by atoms with van der Waals surface area (Å²) in [5.74, 6) is 0. The van der Waals surface area contributed by atoms with Gasteiger partial charge in [0.15, 0.2) is 0 Å². The molecule has 0 heterocycles. The van der Waals surface area contributed by atoms with Gasteiger partial charge in [-0.05, 0) is 48.9 Å². The Morgan fingerprint density at radius 1 is 0.434 bits per heavy atom. The van der Waals surface area contributed by atoms with Crippen molar-refractivity contribution in [1.29, 1.82) is 0 Å². The quantitative estimate of drug-likeness (QED) is 0.0614. The highest BCUT2D eigenvalue weighted by molar-refractivity contribution is 7.99. The van der Waals surface area contributed by atoms with E-state index in [1.165, 1.54) is 0 Å². The first-order chi connectivity index (χ1) is 25.4. The number of hydrogen-bond donors (Lipinski definition) is 2. The lowest BCUT2D eigenvalue weighted by Crippen LogP contribution is -2.06. The van der Waals surface area contributed by atoms with Gasteiger partial charge in [-0.15, -0.1) is 0 Å². The van der Waals surface area contributed by atoms with E-state index in [9.17, 15) is 36.6 Å². The van der Waals surface area contributed by atoms with Gasteiger partial charge in [0.05, 0.1) is 12.2 Å². The van der Waals surface area contributed by atoms with Gasteiger partial charge >= 0.3 is 12.4 Å². The second-order valence-corrected chi connectivity index (χ2v) is 15.5. The minimum Gasteiger partial charge on any atom is -0.389 e. The Morgan fingerprint density at radius 2 is 0.717 bits per heavy atom. The zero-order valence-electron chi connectivity index (χ0n) is 31.6. The van der Waals surface area contributed by atoms with Crippen molar-refractivity contribution in [3.8, 4) is 0 Å². The third kappa shape index (κ3) is 26.3. The molecule has 9 heteroatoms. The molecule has 0 amide bonds. The van der Waals surface area contributed by atoms with E-state index in [1.807, 2.05) is 60.7 Å². The first-order valence-electron chi connectivity index (χ1n) is 20.1. The lowest BCUT2D eigenvalue weighted by molar-refractivity contribution is -0.136. The summed E-state index contributed by atoms with van der Waals surface area (Å²) >= 11 is 1.66. The molecule has 2 aromatic rings. The van der Waals surface area contributed by atoms with Crippen molar-refractivity contribution in [2.75, 3.05) is 0 Å². The number of hydrogen-bond acceptors (Lipinski definition) is 3. The lowest BCUT2D eigenvalue weighted by atomic mass is 10.0. The van der Waals surface area contributed by atoms with E-state index in [1.54, 1.807) is 11.8 Å². The number of aliphatic hydroxyl groups is 2. The van der Waals surface area contributed by atoms with E-state index >= 15 is 0 Å². The van der Waals surface area contributed by atoms with Crippen LogP contribution in [-0.4, -0.2) is 34.8 Å². The molecule has 0 fully saturated rings. The Balaban J connectivity index is 1.64. The second kappa shape index (κ2) is 28.2. The molecule has 2 unspecified atom stereocenters. The van der Waals surface area contributed by atoms with Crippen LogP contribution in [0, 0.1) is 0 Å². The average Bonchev–Trinajstić information content (AvgIpc) is 3.10. The number of halogens is 6. The third-order valence-corrected chi connectivity index (χ3v) is 10.7. The van der Waals surface area contributed by atoms with Crippen LogP contribution in [-0.2, 0) is 0 Å². The van der Waals surface area contributed by atoms with Gasteiger partial charge in [0.1, 0.15) is 0 Å². The van der Waals surface area contributed by atoms with Gasteiger partial charge in [-0.2, -0.15) is 26.3 Å². The summed E-state index contributed by atoms with van der Waals surface area (Å²) in [5.41, 5.74) is 2.07. The van der Waals surface area contributed by atoms with Crippen molar-refractivity contribution < 1.29 is 36.6 Å². The number of benzene rings is 2. The molecule has 0 spiro atoms. The molecular formula is C44H64F6O2S. The first-order valence-corrected chi connectivity index (χ1v) is 21.0. The smallest absolute Gasteiger partial charge is 0.389 e. The minimum absolute atomic E-state index is 0.237.